The number of oxime groups is 1. The molecule has 3 nitrogen and oxygen atoms in total. The van der Waals surface area contributed by atoms with Crippen LogP contribution in [-0.2, 0) is 9.63 Å². The van der Waals surface area contributed by atoms with Gasteiger partial charge in [-0.3, -0.25) is 0 Å². The molecule has 1 aromatic rings. The van der Waals surface area contributed by atoms with Crippen LogP contribution in [0.5, 0.6) is 0 Å². The Labute approximate surface area is 83.4 Å². The largest absolute Gasteiger partial charge is 0.334 e. The molecule has 14 heavy (non-hydrogen) atoms. The molecule has 0 N–H and O–H groups in total. The Hall–Kier alpha value is -1.64. The van der Waals surface area contributed by atoms with Gasteiger partial charge in [0.2, 0.25) is 0 Å². The standard InChI is InChI=1S/C11H13NO2/c1-3-11(13)14-12-8-10-6-4-5-9(2)7-10/h4-8H,3H2,1-2H3. The van der Waals surface area contributed by atoms with Crippen LogP contribution in [0.25, 0.3) is 0 Å². The summed E-state index contributed by atoms with van der Waals surface area (Å²) in [7, 11) is 0. The van der Waals surface area contributed by atoms with E-state index < -0.39 is 0 Å². The van der Waals surface area contributed by atoms with Crippen molar-refractivity contribution < 1.29 is 9.63 Å². The molecular formula is C11H13NO2. The van der Waals surface area contributed by atoms with Gasteiger partial charge >= 0.3 is 5.97 Å². The van der Waals surface area contributed by atoms with Crippen molar-refractivity contribution in [2.24, 2.45) is 5.16 Å². The van der Waals surface area contributed by atoms with E-state index in [4.69, 9.17) is 0 Å². The number of hydrogen-bond donors (Lipinski definition) is 0. The van der Waals surface area contributed by atoms with Crippen LogP contribution in [0.2, 0.25) is 0 Å². The van der Waals surface area contributed by atoms with Crippen molar-refractivity contribution in [1.29, 1.82) is 0 Å². The molecule has 0 aromatic heterocycles. The molecule has 1 rings (SSSR count). The molecule has 0 bridgehead atoms. The zero-order valence-corrected chi connectivity index (χ0v) is 8.36. The molecular weight excluding hydrogens is 178 g/mol. The first-order chi connectivity index (χ1) is 6.72. The molecule has 0 atom stereocenters. The van der Waals surface area contributed by atoms with Crippen LogP contribution in [0.4, 0.5) is 0 Å². The number of hydrogen-bond acceptors (Lipinski definition) is 3. The summed E-state index contributed by atoms with van der Waals surface area (Å²) in [6, 6.07) is 7.79. The van der Waals surface area contributed by atoms with E-state index in [9.17, 15) is 4.79 Å². The Morgan fingerprint density at radius 3 is 3.00 bits per heavy atom. The number of nitrogens with zero attached hydrogens (tertiary/aromatic N) is 1. The molecule has 3 heteroatoms. The number of carbonyl (C=O) groups is 1. The Bertz CT molecular complexity index is 345. The fourth-order valence-corrected chi connectivity index (χ4v) is 0.961. The molecule has 0 unspecified atom stereocenters. The van der Waals surface area contributed by atoms with E-state index in [1.807, 2.05) is 31.2 Å². The van der Waals surface area contributed by atoms with Crippen LogP contribution in [-0.4, -0.2) is 12.2 Å². The average molecular weight is 191 g/mol. The second-order valence-corrected chi connectivity index (χ2v) is 2.97. The molecule has 0 saturated heterocycles. The third kappa shape index (κ3) is 3.39. The Morgan fingerprint density at radius 2 is 2.36 bits per heavy atom. The van der Waals surface area contributed by atoms with Crippen LogP contribution in [0.3, 0.4) is 0 Å². The summed E-state index contributed by atoms with van der Waals surface area (Å²) in [5.74, 6) is -0.325. The van der Waals surface area contributed by atoms with Crippen LogP contribution >= 0.6 is 0 Å². The third-order valence-corrected chi connectivity index (χ3v) is 1.69. The summed E-state index contributed by atoms with van der Waals surface area (Å²) in [5, 5.41) is 3.58. The third-order valence-electron chi connectivity index (χ3n) is 1.69. The zero-order chi connectivity index (χ0) is 10.4. The van der Waals surface area contributed by atoms with Crippen molar-refractivity contribution >= 4 is 12.2 Å². The maximum atomic E-state index is 10.7. The lowest BCUT2D eigenvalue weighted by Crippen LogP contribution is -1.96. The van der Waals surface area contributed by atoms with E-state index in [1.165, 1.54) is 6.21 Å². The monoisotopic (exact) mass is 191 g/mol. The van der Waals surface area contributed by atoms with Crippen molar-refractivity contribution in [2.75, 3.05) is 0 Å². The average Bonchev–Trinajstić information content (AvgIpc) is 2.17. The van der Waals surface area contributed by atoms with E-state index in [0.29, 0.717) is 6.42 Å². The number of benzene rings is 1. The fraction of sp³-hybridized carbons (Fsp3) is 0.273. The first kappa shape index (κ1) is 10.4. The topological polar surface area (TPSA) is 38.7 Å². The van der Waals surface area contributed by atoms with Gasteiger partial charge in [0, 0.05) is 6.42 Å². The van der Waals surface area contributed by atoms with Crippen LogP contribution in [0.15, 0.2) is 29.4 Å². The van der Waals surface area contributed by atoms with Crippen LogP contribution in [0.1, 0.15) is 24.5 Å². The summed E-state index contributed by atoms with van der Waals surface area (Å²) < 4.78 is 0. The number of carbonyl (C=O) groups excluding carboxylic acids is 1. The molecule has 0 amide bonds. The van der Waals surface area contributed by atoms with E-state index in [1.54, 1.807) is 6.92 Å². The van der Waals surface area contributed by atoms with E-state index in [0.717, 1.165) is 11.1 Å². The summed E-state index contributed by atoms with van der Waals surface area (Å²) in [5.41, 5.74) is 2.07. The van der Waals surface area contributed by atoms with Gasteiger partial charge in [0.15, 0.2) is 0 Å². The first-order valence-corrected chi connectivity index (χ1v) is 4.52. The Kier molecular flexibility index (Phi) is 3.85. The molecule has 0 aliphatic rings. The van der Waals surface area contributed by atoms with Gasteiger partial charge in [0.05, 0.1) is 6.21 Å². The normalized spacial score (nSPS) is 10.4. The van der Waals surface area contributed by atoms with E-state index in [2.05, 4.69) is 9.99 Å². The molecule has 0 aliphatic heterocycles. The van der Waals surface area contributed by atoms with Gasteiger partial charge in [-0.15, -0.1) is 0 Å². The first-order valence-electron chi connectivity index (χ1n) is 4.52. The SMILES string of the molecule is CCC(=O)ON=Cc1cccc(C)c1. The minimum absolute atomic E-state index is 0.325. The zero-order valence-electron chi connectivity index (χ0n) is 8.36. The highest BCUT2D eigenvalue weighted by atomic mass is 16.7. The van der Waals surface area contributed by atoms with Crippen molar-refractivity contribution in [2.45, 2.75) is 20.3 Å². The highest BCUT2D eigenvalue weighted by molar-refractivity contribution is 5.80. The van der Waals surface area contributed by atoms with Gasteiger partial charge < -0.3 is 4.84 Å². The molecule has 74 valence electrons. The Balaban J connectivity index is 2.56. The summed E-state index contributed by atoms with van der Waals surface area (Å²) >= 11 is 0. The predicted octanol–water partition coefficient (Wildman–Crippen LogP) is 2.28. The second kappa shape index (κ2) is 5.17. The van der Waals surface area contributed by atoms with Crippen LogP contribution in [0, 0.1) is 6.92 Å². The minimum Gasteiger partial charge on any atom is -0.318 e. The smallest absolute Gasteiger partial charge is 0.318 e. The van der Waals surface area contributed by atoms with E-state index in [-0.39, 0.29) is 5.97 Å². The van der Waals surface area contributed by atoms with Gasteiger partial charge in [-0.05, 0) is 12.5 Å². The van der Waals surface area contributed by atoms with Crippen molar-refractivity contribution in [3.63, 3.8) is 0 Å². The van der Waals surface area contributed by atoms with Gasteiger partial charge in [0.25, 0.3) is 0 Å². The Morgan fingerprint density at radius 1 is 1.57 bits per heavy atom. The van der Waals surface area contributed by atoms with Gasteiger partial charge in [-0.25, -0.2) is 4.79 Å². The quantitative estimate of drug-likeness (QED) is 0.417. The number of aryl methyl sites for hydroxylation is 1. The van der Waals surface area contributed by atoms with Crippen LogP contribution < -0.4 is 0 Å². The minimum atomic E-state index is -0.325. The van der Waals surface area contributed by atoms with Crippen molar-refractivity contribution in [3.05, 3.63) is 35.4 Å². The summed E-state index contributed by atoms with van der Waals surface area (Å²) in [4.78, 5) is 15.3. The lowest BCUT2D eigenvalue weighted by molar-refractivity contribution is -0.143. The second-order valence-electron chi connectivity index (χ2n) is 2.97. The number of rotatable bonds is 3. The summed E-state index contributed by atoms with van der Waals surface area (Å²) in [6.45, 7) is 3.72. The van der Waals surface area contributed by atoms with Crippen molar-refractivity contribution in [3.8, 4) is 0 Å². The molecule has 0 spiro atoms. The maximum Gasteiger partial charge on any atom is 0.334 e. The molecule has 0 saturated carbocycles. The molecule has 0 radical (unpaired) electrons. The van der Waals surface area contributed by atoms with Gasteiger partial charge in [-0.2, -0.15) is 0 Å². The molecule has 0 aliphatic carbocycles. The maximum absolute atomic E-state index is 10.7. The lowest BCUT2D eigenvalue weighted by atomic mass is 10.2. The molecule has 0 heterocycles. The highest BCUT2D eigenvalue weighted by Gasteiger charge is 1.94. The molecule has 1 aromatic carbocycles. The fourth-order valence-electron chi connectivity index (χ4n) is 0.961. The van der Waals surface area contributed by atoms with Gasteiger partial charge in [0.1, 0.15) is 0 Å². The van der Waals surface area contributed by atoms with Crippen molar-refractivity contribution in [1.82, 2.24) is 0 Å². The van der Waals surface area contributed by atoms with Gasteiger partial charge in [-0.1, -0.05) is 41.9 Å². The molecule has 0 fully saturated rings. The summed E-state index contributed by atoms with van der Waals surface area (Å²) in [6.07, 6.45) is 1.87. The highest BCUT2D eigenvalue weighted by Crippen LogP contribution is 2.01. The lowest BCUT2D eigenvalue weighted by Gasteiger charge is -1.95. The van der Waals surface area contributed by atoms with E-state index >= 15 is 0 Å². The predicted molar refractivity (Wildman–Crippen MR) is 55.2 cm³/mol.